The third kappa shape index (κ3) is 4.79. The molecule has 0 radical (unpaired) electrons. The summed E-state index contributed by atoms with van der Waals surface area (Å²) in [5.74, 6) is -0.224. The SMILES string of the molecule is CSNC(=O)c1nc(Cl)ccc1NC(C)c1nc(C)cc2c(=O)n(C)c(N3Cc4ccc(F)cc4C3)nc12. The molecule has 5 rings (SSSR count). The maximum Gasteiger partial charge on any atom is 0.281 e. The number of anilines is 2. The van der Waals surface area contributed by atoms with Crippen LogP contribution in [-0.4, -0.2) is 31.7 Å². The molecule has 12 heteroatoms. The van der Waals surface area contributed by atoms with Crippen LogP contribution in [0.3, 0.4) is 0 Å². The third-order valence-corrected chi connectivity index (χ3v) is 7.02. The largest absolute Gasteiger partial charge is 0.375 e. The number of aromatic nitrogens is 4. The van der Waals surface area contributed by atoms with Crippen LogP contribution in [0.15, 0.2) is 41.2 Å². The number of nitrogens with zero attached hydrogens (tertiary/aromatic N) is 5. The van der Waals surface area contributed by atoms with Crippen molar-refractivity contribution in [2.24, 2.45) is 7.05 Å². The minimum Gasteiger partial charge on any atom is -0.375 e. The van der Waals surface area contributed by atoms with Crippen LogP contribution in [0.5, 0.6) is 0 Å². The van der Waals surface area contributed by atoms with Gasteiger partial charge in [0.2, 0.25) is 5.95 Å². The van der Waals surface area contributed by atoms with E-state index in [1.807, 2.05) is 18.7 Å². The normalized spacial score (nSPS) is 13.5. The molecule has 4 aromatic rings. The summed E-state index contributed by atoms with van der Waals surface area (Å²) in [5, 5.41) is 3.92. The summed E-state index contributed by atoms with van der Waals surface area (Å²) in [5.41, 5.74) is 3.91. The van der Waals surface area contributed by atoms with Crippen molar-refractivity contribution >= 4 is 52.0 Å². The lowest BCUT2D eigenvalue weighted by atomic mass is 10.1. The van der Waals surface area contributed by atoms with Gasteiger partial charge in [-0.1, -0.05) is 29.6 Å². The van der Waals surface area contributed by atoms with E-state index in [0.717, 1.165) is 23.1 Å². The Hall–Kier alpha value is -3.70. The molecule has 1 aliphatic heterocycles. The van der Waals surface area contributed by atoms with Gasteiger partial charge in [0.15, 0.2) is 5.69 Å². The first-order valence-corrected chi connectivity index (χ1v) is 13.4. The standard InChI is InChI=1S/C26H25ClFN7O2S/c1-13-9-18-22(21(29-13)14(2)30-19-7-8-20(27)31-23(19)24(36)33-38-4)32-26(34(3)25(18)37)35-11-15-5-6-17(28)10-16(15)12-35/h5-10,14,30H,11-12H2,1-4H3,(H,33,36). The Kier molecular flexibility index (Phi) is 6.97. The maximum absolute atomic E-state index is 13.8. The maximum atomic E-state index is 13.8. The molecule has 9 nitrogen and oxygen atoms in total. The van der Waals surface area contributed by atoms with E-state index in [0.29, 0.717) is 47.0 Å². The number of pyridine rings is 2. The number of carbonyl (C=O) groups excluding carboxylic acids is 1. The van der Waals surface area contributed by atoms with Gasteiger partial charge in [-0.05, 0) is 55.3 Å². The molecule has 0 aliphatic carbocycles. The molecule has 38 heavy (non-hydrogen) atoms. The summed E-state index contributed by atoms with van der Waals surface area (Å²) in [4.78, 5) is 41.8. The summed E-state index contributed by atoms with van der Waals surface area (Å²) < 4.78 is 18.0. The van der Waals surface area contributed by atoms with E-state index in [9.17, 15) is 14.0 Å². The topological polar surface area (TPSA) is 105 Å². The highest BCUT2D eigenvalue weighted by Gasteiger charge is 2.26. The molecule has 196 valence electrons. The van der Waals surface area contributed by atoms with Crippen molar-refractivity contribution in [2.75, 3.05) is 16.5 Å². The number of halogens is 2. The van der Waals surface area contributed by atoms with Crippen molar-refractivity contribution in [1.29, 1.82) is 0 Å². The number of hydrogen-bond acceptors (Lipinski definition) is 8. The second-order valence-electron chi connectivity index (χ2n) is 9.12. The summed E-state index contributed by atoms with van der Waals surface area (Å²) >= 11 is 7.21. The lowest BCUT2D eigenvalue weighted by Gasteiger charge is -2.22. The number of rotatable bonds is 6. The van der Waals surface area contributed by atoms with Crippen LogP contribution in [0.25, 0.3) is 10.9 Å². The first-order chi connectivity index (χ1) is 18.2. The van der Waals surface area contributed by atoms with Gasteiger partial charge in [-0.15, -0.1) is 0 Å². The van der Waals surface area contributed by atoms with Crippen molar-refractivity contribution in [2.45, 2.75) is 33.0 Å². The van der Waals surface area contributed by atoms with Gasteiger partial charge in [0, 0.05) is 32.1 Å². The fraction of sp³-hybridized carbons (Fsp3) is 0.269. The lowest BCUT2D eigenvalue weighted by Crippen LogP contribution is -2.29. The summed E-state index contributed by atoms with van der Waals surface area (Å²) in [7, 11) is 1.68. The number of carbonyl (C=O) groups is 1. The Morgan fingerprint density at radius 2 is 1.89 bits per heavy atom. The Labute approximate surface area is 227 Å². The highest BCUT2D eigenvalue weighted by molar-refractivity contribution is 7.97. The predicted molar refractivity (Wildman–Crippen MR) is 148 cm³/mol. The number of nitrogens with one attached hydrogen (secondary N) is 2. The van der Waals surface area contributed by atoms with E-state index in [1.165, 1.54) is 16.7 Å². The van der Waals surface area contributed by atoms with Crippen LogP contribution in [-0.2, 0) is 20.1 Å². The second-order valence-corrected chi connectivity index (χ2v) is 10.1. The first kappa shape index (κ1) is 25.9. The quantitative estimate of drug-likeness (QED) is 0.265. The zero-order valence-electron chi connectivity index (χ0n) is 21.2. The number of hydrogen-bond donors (Lipinski definition) is 2. The summed E-state index contributed by atoms with van der Waals surface area (Å²) in [6.07, 6.45) is 1.74. The molecular formula is C26H25ClFN7O2S. The Morgan fingerprint density at radius 3 is 2.66 bits per heavy atom. The Bertz CT molecular complexity index is 1640. The molecule has 0 bridgehead atoms. The summed E-state index contributed by atoms with van der Waals surface area (Å²) in [6.45, 7) is 4.63. The van der Waals surface area contributed by atoms with Crippen LogP contribution in [0.2, 0.25) is 5.15 Å². The summed E-state index contributed by atoms with van der Waals surface area (Å²) in [6, 6.07) is 9.26. The molecule has 1 aliphatic rings. The Balaban J connectivity index is 1.57. The predicted octanol–water partition coefficient (Wildman–Crippen LogP) is 4.53. The minimum absolute atomic E-state index is 0.141. The smallest absolute Gasteiger partial charge is 0.281 e. The average Bonchev–Trinajstić information content (AvgIpc) is 3.30. The highest BCUT2D eigenvalue weighted by Crippen LogP contribution is 2.30. The second kappa shape index (κ2) is 10.2. The number of fused-ring (bicyclic) bond motifs is 2. The van der Waals surface area contributed by atoms with Gasteiger partial charge in [0.25, 0.3) is 11.5 Å². The van der Waals surface area contributed by atoms with E-state index in [-0.39, 0.29) is 22.2 Å². The molecule has 1 aromatic carbocycles. The third-order valence-electron chi connectivity index (χ3n) is 6.42. The molecule has 0 saturated heterocycles. The fourth-order valence-corrected chi connectivity index (χ4v) is 5.10. The van der Waals surface area contributed by atoms with Gasteiger partial charge in [-0.2, -0.15) is 0 Å². The number of benzene rings is 1. The highest BCUT2D eigenvalue weighted by atomic mass is 35.5. The van der Waals surface area contributed by atoms with Crippen molar-refractivity contribution in [1.82, 2.24) is 24.2 Å². The molecule has 4 heterocycles. The van der Waals surface area contributed by atoms with Crippen molar-refractivity contribution in [3.8, 4) is 0 Å². The molecule has 3 aromatic heterocycles. The van der Waals surface area contributed by atoms with Crippen molar-refractivity contribution < 1.29 is 9.18 Å². The molecule has 1 amide bonds. The van der Waals surface area contributed by atoms with Crippen molar-refractivity contribution in [3.05, 3.63) is 85.9 Å². The van der Waals surface area contributed by atoms with Crippen LogP contribution in [0.4, 0.5) is 16.0 Å². The van der Waals surface area contributed by atoms with E-state index < -0.39 is 11.9 Å². The molecule has 0 saturated carbocycles. The number of aryl methyl sites for hydroxylation is 1. The van der Waals surface area contributed by atoms with E-state index in [4.69, 9.17) is 21.6 Å². The van der Waals surface area contributed by atoms with Crippen LogP contribution < -0.4 is 20.5 Å². The van der Waals surface area contributed by atoms with Gasteiger partial charge < -0.3 is 10.2 Å². The number of amides is 1. The fourth-order valence-electron chi connectivity index (χ4n) is 4.67. The zero-order chi connectivity index (χ0) is 27.1. The van der Waals surface area contributed by atoms with Crippen LogP contribution in [0.1, 0.15) is 46.0 Å². The van der Waals surface area contributed by atoms with Crippen molar-refractivity contribution in [3.63, 3.8) is 0 Å². The first-order valence-electron chi connectivity index (χ1n) is 11.8. The molecule has 1 unspecified atom stereocenters. The monoisotopic (exact) mass is 553 g/mol. The van der Waals surface area contributed by atoms with E-state index in [2.05, 4.69) is 15.0 Å². The van der Waals surface area contributed by atoms with Gasteiger partial charge in [-0.3, -0.25) is 23.9 Å². The molecular weight excluding hydrogens is 529 g/mol. The molecule has 1 atom stereocenters. The van der Waals surface area contributed by atoms with Gasteiger partial charge >= 0.3 is 0 Å². The zero-order valence-corrected chi connectivity index (χ0v) is 22.7. The lowest BCUT2D eigenvalue weighted by molar-refractivity contribution is 0.0980. The van der Waals surface area contributed by atoms with E-state index >= 15 is 0 Å². The van der Waals surface area contributed by atoms with E-state index in [1.54, 1.807) is 37.6 Å². The Morgan fingerprint density at radius 1 is 1.13 bits per heavy atom. The van der Waals surface area contributed by atoms with Gasteiger partial charge in [-0.25, -0.2) is 14.4 Å². The van der Waals surface area contributed by atoms with Crippen LogP contribution in [0, 0.1) is 12.7 Å². The minimum atomic E-state index is -0.446. The van der Waals surface area contributed by atoms with Gasteiger partial charge in [0.05, 0.1) is 22.8 Å². The van der Waals surface area contributed by atoms with Crippen LogP contribution >= 0.6 is 23.5 Å². The average molecular weight is 554 g/mol. The van der Waals surface area contributed by atoms with Gasteiger partial charge in [0.1, 0.15) is 16.5 Å². The molecule has 2 N–H and O–H groups in total. The molecule has 0 fully saturated rings. The molecule has 0 spiro atoms.